The van der Waals surface area contributed by atoms with Crippen LogP contribution in [0.3, 0.4) is 0 Å². The van der Waals surface area contributed by atoms with E-state index in [-0.39, 0.29) is 18.2 Å². The number of carbonyl (C=O) groups excluding carboxylic acids is 2. The van der Waals surface area contributed by atoms with Gasteiger partial charge in [0, 0.05) is 17.7 Å². The molecule has 0 aliphatic carbocycles. The van der Waals surface area contributed by atoms with Gasteiger partial charge in [-0.1, -0.05) is 18.2 Å². The van der Waals surface area contributed by atoms with Gasteiger partial charge in [0.05, 0.1) is 14.1 Å². The number of hydrogen-bond donors (Lipinski definition) is 0. The molecular formula is C14H9Br2NO2S. The molecular weight excluding hydrogens is 406 g/mol. The van der Waals surface area contributed by atoms with E-state index in [0.29, 0.717) is 17.7 Å². The van der Waals surface area contributed by atoms with Crippen molar-refractivity contribution in [3.63, 3.8) is 0 Å². The summed E-state index contributed by atoms with van der Waals surface area (Å²) in [7, 11) is 0. The standard InChI is InChI=1S/C14H9Br2NO2S/c15-12-5-10(13(16)20-12)11(18)7-17-6-8-3-1-2-4-9(8)14(17)19/h1-5H,6-7H2. The van der Waals surface area contributed by atoms with Crippen LogP contribution in [-0.4, -0.2) is 23.1 Å². The van der Waals surface area contributed by atoms with Crippen LogP contribution >= 0.6 is 43.2 Å². The van der Waals surface area contributed by atoms with E-state index in [9.17, 15) is 9.59 Å². The van der Waals surface area contributed by atoms with Gasteiger partial charge in [-0.05, 0) is 49.6 Å². The van der Waals surface area contributed by atoms with Crippen LogP contribution in [0.5, 0.6) is 0 Å². The molecule has 102 valence electrons. The summed E-state index contributed by atoms with van der Waals surface area (Å²) in [6.07, 6.45) is 0. The lowest BCUT2D eigenvalue weighted by Crippen LogP contribution is -2.30. The molecule has 0 radical (unpaired) electrons. The number of ketones is 1. The zero-order valence-corrected chi connectivity index (χ0v) is 14.2. The molecule has 1 aromatic heterocycles. The van der Waals surface area contributed by atoms with Crippen LogP contribution in [0.1, 0.15) is 26.3 Å². The van der Waals surface area contributed by atoms with Crippen molar-refractivity contribution in [1.82, 2.24) is 4.90 Å². The summed E-state index contributed by atoms with van der Waals surface area (Å²) in [6.45, 7) is 0.610. The van der Waals surface area contributed by atoms with Crippen LogP contribution in [0.4, 0.5) is 0 Å². The number of carbonyl (C=O) groups is 2. The number of fused-ring (bicyclic) bond motifs is 1. The Hall–Kier alpha value is -0.980. The molecule has 1 amide bonds. The van der Waals surface area contributed by atoms with Crippen LogP contribution in [0.15, 0.2) is 37.9 Å². The normalized spacial score (nSPS) is 13.7. The van der Waals surface area contributed by atoms with Gasteiger partial charge in [-0.25, -0.2) is 0 Å². The zero-order valence-electron chi connectivity index (χ0n) is 10.2. The molecule has 3 rings (SSSR count). The van der Waals surface area contributed by atoms with E-state index in [1.54, 1.807) is 17.0 Å². The first-order chi connectivity index (χ1) is 9.56. The molecule has 0 saturated carbocycles. The van der Waals surface area contributed by atoms with Crippen molar-refractivity contribution in [2.45, 2.75) is 6.54 Å². The number of halogens is 2. The molecule has 0 N–H and O–H groups in total. The molecule has 0 spiro atoms. The molecule has 3 nitrogen and oxygen atoms in total. The fraction of sp³-hybridized carbons (Fsp3) is 0.143. The lowest BCUT2D eigenvalue weighted by Gasteiger charge is -2.14. The van der Waals surface area contributed by atoms with Crippen molar-refractivity contribution in [2.24, 2.45) is 0 Å². The third kappa shape index (κ3) is 2.47. The van der Waals surface area contributed by atoms with E-state index in [2.05, 4.69) is 31.9 Å². The quantitative estimate of drug-likeness (QED) is 0.708. The van der Waals surface area contributed by atoms with Crippen molar-refractivity contribution in [2.75, 3.05) is 6.54 Å². The SMILES string of the molecule is O=C(CN1Cc2ccccc2C1=O)c1cc(Br)sc1Br. The monoisotopic (exact) mass is 413 g/mol. The number of rotatable bonds is 3. The van der Waals surface area contributed by atoms with Crippen molar-refractivity contribution in [3.8, 4) is 0 Å². The zero-order chi connectivity index (χ0) is 14.3. The molecule has 2 aromatic rings. The van der Waals surface area contributed by atoms with E-state index < -0.39 is 0 Å². The third-order valence-corrected chi connectivity index (χ3v) is 5.53. The second kappa shape index (κ2) is 5.42. The van der Waals surface area contributed by atoms with Gasteiger partial charge in [-0.2, -0.15) is 0 Å². The lowest BCUT2D eigenvalue weighted by atomic mass is 10.1. The minimum atomic E-state index is -0.0700. The average Bonchev–Trinajstić information content (AvgIpc) is 2.91. The van der Waals surface area contributed by atoms with Crippen LogP contribution in [-0.2, 0) is 6.54 Å². The minimum Gasteiger partial charge on any atom is -0.327 e. The van der Waals surface area contributed by atoms with E-state index in [1.807, 2.05) is 18.2 Å². The van der Waals surface area contributed by atoms with Crippen molar-refractivity contribution < 1.29 is 9.59 Å². The van der Waals surface area contributed by atoms with Gasteiger partial charge >= 0.3 is 0 Å². The van der Waals surface area contributed by atoms with Crippen molar-refractivity contribution >= 4 is 54.9 Å². The highest BCUT2D eigenvalue weighted by molar-refractivity contribution is 9.12. The fourth-order valence-corrected chi connectivity index (χ4v) is 5.09. The highest BCUT2D eigenvalue weighted by Gasteiger charge is 2.29. The third-order valence-electron chi connectivity index (χ3n) is 3.19. The fourth-order valence-electron chi connectivity index (χ4n) is 2.23. The Morgan fingerprint density at radius 3 is 2.70 bits per heavy atom. The number of thiophene rings is 1. The highest BCUT2D eigenvalue weighted by Crippen LogP contribution is 2.32. The molecule has 0 fully saturated rings. The molecule has 0 atom stereocenters. The molecule has 6 heteroatoms. The Bertz CT molecular complexity index is 711. The number of Topliss-reactive ketones (excluding diaryl/α,β-unsaturated/α-hetero) is 1. The van der Waals surface area contributed by atoms with E-state index in [1.165, 1.54) is 11.3 Å². The highest BCUT2D eigenvalue weighted by atomic mass is 79.9. The molecule has 1 aliphatic heterocycles. The summed E-state index contributed by atoms with van der Waals surface area (Å²) in [5, 5.41) is 0. The first-order valence-electron chi connectivity index (χ1n) is 5.91. The summed E-state index contributed by atoms with van der Waals surface area (Å²) in [6, 6.07) is 9.26. The molecule has 1 aliphatic rings. The Morgan fingerprint density at radius 2 is 2.05 bits per heavy atom. The minimum absolute atomic E-state index is 0.0556. The Balaban J connectivity index is 1.79. The summed E-state index contributed by atoms with van der Waals surface area (Å²) in [5.74, 6) is -0.126. The molecule has 0 bridgehead atoms. The van der Waals surface area contributed by atoms with Crippen LogP contribution < -0.4 is 0 Å². The first kappa shape index (κ1) is 14.0. The molecule has 0 saturated heterocycles. The van der Waals surface area contributed by atoms with E-state index in [4.69, 9.17) is 0 Å². The Kier molecular flexibility index (Phi) is 3.79. The Labute approximate surface area is 136 Å². The van der Waals surface area contributed by atoms with Crippen molar-refractivity contribution in [1.29, 1.82) is 0 Å². The summed E-state index contributed by atoms with van der Waals surface area (Å²) in [5.41, 5.74) is 2.30. The number of hydrogen-bond acceptors (Lipinski definition) is 3. The van der Waals surface area contributed by atoms with Gasteiger partial charge in [0.2, 0.25) is 0 Å². The van der Waals surface area contributed by atoms with Crippen LogP contribution in [0.2, 0.25) is 0 Å². The van der Waals surface area contributed by atoms with Crippen molar-refractivity contribution in [3.05, 3.63) is 54.6 Å². The maximum atomic E-state index is 12.3. The van der Waals surface area contributed by atoms with Gasteiger partial charge < -0.3 is 4.90 Å². The van der Waals surface area contributed by atoms with E-state index >= 15 is 0 Å². The second-order valence-corrected chi connectivity index (χ2v) is 8.23. The number of amides is 1. The molecule has 20 heavy (non-hydrogen) atoms. The summed E-state index contributed by atoms with van der Waals surface area (Å²) in [4.78, 5) is 26.1. The van der Waals surface area contributed by atoms with Crippen LogP contribution in [0.25, 0.3) is 0 Å². The summed E-state index contributed by atoms with van der Waals surface area (Å²) >= 11 is 8.18. The smallest absolute Gasteiger partial charge is 0.254 e. The Morgan fingerprint density at radius 1 is 1.30 bits per heavy atom. The topological polar surface area (TPSA) is 37.4 Å². The number of benzene rings is 1. The molecule has 1 aromatic carbocycles. The molecule has 2 heterocycles. The maximum absolute atomic E-state index is 12.3. The predicted octanol–water partition coefficient (Wildman–Crippen LogP) is 4.11. The van der Waals surface area contributed by atoms with Gasteiger partial charge in [0.25, 0.3) is 5.91 Å². The molecule has 0 unspecified atom stereocenters. The van der Waals surface area contributed by atoms with Gasteiger partial charge in [0.15, 0.2) is 5.78 Å². The predicted molar refractivity (Wildman–Crippen MR) is 85.2 cm³/mol. The average molecular weight is 415 g/mol. The summed E-state index contributed by atoms with van der Waals surface area (Å²) < 4.78 is 1.68. The lowest BCUT2D eigenvalue weighted by molar-refractivity contribution is 0.0729. The second-order valence-electron chi connectivity index (χ2n) is 4.48. The first-order valence-corrected chi connectivity index (χ1v) is 8.31. The van der Waals surface area contributed by atoms with Gasteiger partial charge in [-0.3, -0.25) is 9.59 Å². The maximum Gasteiger partial charge on any atom is 0.254 e. The van der Waals surface area contributed by atoms with Gasteiger partial charge in [0.1, 0.15) is 0 Å². The number of nitrogens with zero attached hydrogens (tertiary/aromatic N) is 1. The van der Waals surface area contributed by atoms with E-state index in [0.717, 1.165) is 13.1 Å². The van der Waals surface area contributed by atoms with Crippen LogP contribution in [0, 0.1) is 0 Å². The largest absolute Gasteiger partial charge is 0.327 e. The van der Waals surface area contributed by atoms with Gasteiger partial charge in [-0.15, -0.1) is 11.3 Å².